The van der Waals surface area contributed by atoms with Gasteiger partial charge in [0, 0.05) is 28.5 Å². The molecule has 0 unspecified atom stereocenters. The molecule has 3 N–H and O–H groups in total. The molecule has 2 aromatic carbocycles. The second-order valence-electron chi connectivity index (χ2n) is 8.03. The molecule has 2 heterocycles. The van der Waals surface area contributed by atoms with Crippen molar-refractivity contribution in [2.45, 2.75) is 31.9 Å². The Morgan fingerprint density at radius 3 is 2.47 bits per heavy atom. The van der Waals surface area contributed by atoms with E-state index in [2.05, 4.69) is 25.7 Å². The normalized spacial score (nSPS) is 13.6. The number of thiazole rings is 1. The lowest BCUT2D eigenvalue weighted by molar-refractivity contribution is -0.0112. The number of hydrogen-bond acceptors (Lipinski definition) is 8. The van der Waals surface area contributed by atoms with Gasteiger partial charge in [-0.15, -0.1) is 11.3 Å². The number of phosphoric acid groups is 1. The Bertz CT molecular complexity index is 1440. The van der Waals surface area contributed by atoms with Crippen molar-refractivity contribution < 1.29 is 32.8 Å². The highest BCUT2D eigenvalue weighted by molar-refractivity contribution is 7.46. The molecular formula is C24H24F2N5O5PS. The van der Waals surface area contributed by atoms with Gasteiger partial charge < -0.3 is 14.9 Å². The zero-order chi connectivity index (χ0) is 27.9. The van der Waals surface area contributed by atoms with Crippen LogP contribution in [0.3, 0.4) is 0 Å². The number of rotatable bonds is 8. The maximum Gasteiger partial charge on any atom is 0.469 e. The molecule has 38 heavy (non-hydrogen) atoms. The van der Waals surface area contributed by atoms with Crippen LogP contribution in [0.5, 0.6) is 0 Å². The predicted octanol–water partition coefficient (Wildman–Crippen LogP) is 4.36. The Balaban J connectivity index is 0.000000505. The summed E-state index contributed by atoms with van der Waals surface area (Å²) in [7, 11) is -4.17. The smallest absolute Gasteiger partial charge is 0.382 e. The fourth-order valence-corrected chi connectivity index (χ4v) is 4.87. The summed E-state index contributed by atoms with van der Waals surface area (Å²) in [4.78, 5) is 24.3. The SMILES string of the molecule is CCOP(=O)(O)O.C[C@@H](c1nc(-c2ccc(C#N)cc2)cs1)[C@](O)(Cn1cncn1)c1ccc(F)cc1F. The summed E-state index contributed by atoms with van der Waals surface area (Å²) in [6, 6.07) is 12.2. The van der Waals surface area contributed by atoms with Gasteiger partial charge >= 0.3 is 7.82 Å². The van der Waals surface area contributed by atoms with Crippen LogP contribution in [-0.2, 0) is 21.2 Å². The highest BCUT2D eigenvalue weighted by atomic mass is 32.1. The number of aromatic nitrogens is 4. The first kappa shape index (κ1) is 29.2. The van der Waals surface area contributed by atoms with Crippen LogP contribution in [0.2, 0.25) is 0 Å². The van der Waals surface area contributed by atoms with E-state index in [-0.39, 0.29) is 18.7 Å². The van der Waals surface area contributed by atoms with Crippen molar-refractivity contribution in [1.29, 1.82) is 5.26 Å². The van der Waals surface area contributed by atoms with Crippen LogP contribution in [0.25, 0.3) is 11.3 Å². The number of phosphoric ester groups is 1. The monoisotopic (exact) mass is 563 g/mol. The largest absolute Gasteiger partial charge is 0.469 e. The molecule has 14 heteroatoms. The molecule has 0 aliphatic rings. The molecule has 0 fully saturated rings. The summed E-state index contributed by atoms with van der Waals surface area (Å²) < 4.78 is 43.2. The number of aliphatic hydroxyl groups is 1. The average Bonchev–Trinajstić information content (AvgIpc) is 3.55. The van der Waals surface area contributed by atoms with E-state index in [9.17, 15) is 18.5 Å². The average molecular weight is 564 g/mol. The summed E-state index contributed by atoms with van der Waals surface area (Å²) in [6.45, 7) is 3.20. The summed E-state index contributed by atoms with van der Waals surface area (Å²) >= 11 is 1.33. The molecule has 2 atom stereocenters. The van der Waals surface area contributed by atoms with Gasteiger partial charge in [0.1, 0.15) is 29.9 Å². The second-order valence-corrected chi connectivity index (χ2v) is 10.2. The minimum Gasteiger partial charge on any atom is -0.382 e. The molecule has 10 nitrogen and oxygen atoms in total. The summed E-state index contributed by atoms with van der Waals surface area (Å²) in [6.07, 6.45) is 2.74. The first-order chi connectivity index (χ1) is 18.0. The number of benzene rings is 2. The summed E-state index contributed by atoms with van der Waals surface area (Å²) in [5.41, 5.74) is 0.236. The summed E-state index contributed by atoms with van der Waals surface area (Å²) in [5.74, 6) is -2.22. The number of hydrogen-bond donors (Lipinski definition) is 3. The van der Waals surface area contributed by atoms with Crippen molar-refractivity contribution >= 4 is 19.2 Å². The van der Waals surface area contributed by atoms with Crippen LogP contribution in [0.15, 0.2) is 60.5 Å². The topological polar surface area (TPSA) is 154 Å². The zero-order valence-electron chi connectivity index (χ0n) is 20.3. The van der Waals surface area contributed by atoms with Crippen LogP contribution in [0.1, 0.15) is 35.9 Å². The van der Waals surface area contributed by atoms with Gasteiger partial charge in [0.05, 0.1) is 35.5 Å². The van der Waals surface area contributed by atoms with Gasteiger partial charge in [0.15, 0.2) is 0 Å². The van der Waals surface area contributed by atoms with Crippen LogP contribution in [-0.4, -0.2) is 41.2 Å². The standard InChI is InChI=1S/C22H17F2N5OS.C2H7O4P/c1-14(21-28-20(10-31-21)16-4-2-15(9-25)3-5-16)22(30,11-29-13-26-12-27-29)18-7-6-17(23)8-19(18)24;1-2-6-7(3,4)5/h2-8,10,12-14,30H,11H2,1H3;2H2,1H3,(H2,3,4,5)/t14-,22+;/m0./s1. The highest BCUT2D eigenvalue weighted by Gasteiger charge is 2.41. The van der Waals surface area contributed by atoms with Crippen molar-refractivity contribution in [3.63, 3.8) is 0 Å². The van der Waals surface area contributed by atoms with Gasteiger partial charge in [-0.3, -0.25) is 4.52 Å². The lowest BCUT2D eigenvalue weighted by Gasteiger charge is -2.33. The molecule has 2 aromatic heterocycles. The van der Waals surface area contributed by atoms with E-state index in [0.29, 0.717) is 16.3 Å². The van der Waals surface area contributed by atoms with Gasteiger partial charge in [-0.2, -0.15) is 10.4 Å². The number of halogens is 2. The molecule has 4 rings (SSSR count). The molecule has 0 aliphatic heterocycles. The molecule has 0 amide bonds. The van der Waals surface area contributed by atoms with E-state index in [1.54, 1.807) is 31.2 Å². The maximum atomic E-state index is 14.7. The van der Waals surface area contributed by atoms with E-state index in [1.165, 1.54) is 41.7 Å². The zero-order valence-corrected chi connectivity index (χ0v) is 22.0. The quantitative estimate of drug-likeness (QED) is 0.265. The highest BCUT2D eigenvalue weighted by Crippen LogP contribution is 2.41. The Morgan fingerprint density at radius 1 is 1.24 bits per heavy atom. The fourth-order valence-electron chi connectivity index (χ4n) is 3.56. The molecule has 0 aliphatic carbocycles. The third kappa shape index (κ3) is 7.35. The summed E-state index contributed by atoms with van der Waals surface area (Å²) in [5, 5.41) is 27.1. The van der Waals surface area contributed by atoms with E-state index in [4.69, 9.17) is 15.0 Å². The Hall–Kier alpha value is -3.37. The minimum atomic E-state index is -4.17. The minimum absolute atomic E-state index is 0.0459. The van der Waals surface area contributed by atoms with Crippen molar-refractivity contribution in [1.82, 2.24) is 19.7 Å². The lowest BCUT2D eigenvalue weighted by Crippen LogP contribution is -2.38. The van der Waals surface area contributed by atoms with E-state index < -0.39 is 31.0 Å². The van der Waals surface area contributed by atoms with Crippen molar-refractivity contribution in [3.8, 4) is 17.3 Å². The Labute approximate surface area is 221 Å². The van der Waals surface area contributed by atoms with Gasteiger partial charge in [-0.25, -0.2) is 28.0 Å². The predicted molar refractivity (Wildman–Crippen MR) is 135 cm³/mol. The number of nitrogens with zero attached hydrogens (tertiary/aromatic N) is 5. The fraction of sp³-hybridized carbons (Fsp3) is 0.250. The Kier molecular flexibility index (Phi) is 9.56. The van der Waals surface area contributed by atoms with Crippen molar-refractivity contribution in [3.05, 3.63) is 88.3 Å². The molecule has 200 valence electrons. The molecule has 0 spiro atoms. The molecule has 4 aromatic rings. The van der Waals surface area contributed by atoms with Crippen molar-refractivity contribution in [2.24, 2.45) is 0 Å². The molecule has 0 radical (unpaired) electrons. The van der Waals surface area contributed by atoms with Crippen LogP contribution in [0.4, 0.5) is 8.78 Å². The third-order valence-corrected chi connectivity index (χ3v) is 7.10. The second kappa shape index (κ2) is 12.4. The molecule has 0 saturated heterocycles. The molecule has 0 saturated carbocycles. The molecule has 0 bridgehead atoms. The first-order valence-electron chi connectivity index (χ1n) is 11.1. The van der Waals surface area contributed by atoms with Crippen LogP contribution >= 0.6 is 19.2 Å². The van der Waals surface area contributed by atoms with Gasteiger partial charge in [-0.1, -0.05) is 25.1 Å². The van der Waals surface area contributed by atoms with Gasteiger partial charge in [0.2, 0.25) is 0 Å². The van der Waals surface area contributed by atoms with Crippen LogP contribution in [0, 0.1) is 23.0 Å². The first-order valence-corrected chi connectivity index (χ1v) is 13.5. The van der Waals surface area contributed by atoms with Crippen molar-refractivity contribution in [2.75, 3.05) is 6.61 Å². The van der Waals surface area contributed by atoms with Crippen LogP contribution < -0.4 is 0 Å². The number of nitriles is 1. The lowest BCUT2D eigenvalue weighted by atomic mass is 9.82. The van der Waals surface area contributed by atoms with E-state index >= 15 is 0 Å². The van der Waals surface area contributed by atoms with Gasteiger partial charge in [0.25, 0.3) is 0 Å². The molecular weight excluding hydrogens is 539 g/mol. The third-order valence-electron chi connectivity index (χ3n) is 5.48. The van der Waals surface area contributed by atoms with Gasteiger partial charge in [-0.05, 0) is 25.1 Å². The maximum absolute atomic E-state index is 14.7. The van der Waals surface area contributed by atoms with E-state index in [1.807, 2.05) is 5.38 Å². The van der Waals surface area contributed by atoms with E-state index in [0.717, 1.165) is 17.7 Å². The Morgan fingerprint density at radius 2 is 1.95 bits per heavy atom.